The van der Waals surface area contributed by atoms with Gasteiger partial charge in [-0.1, -0.05) is 32.6 Å². The van der Waals surface area contributed by atoms with Gasteiger partial charge in [0.15, 0.2) is 0 Å². The number of carbonyl (C=O) groups is 1. The molecule has 0 heterocycles. The third-order valence-corrected chi connectivity index (χ3v) is 2.65. The van der Waals surface area contributed by atoms with Crippen LogP contribution in [0.1, 0.15) is 27.2 Å². The fraction of sp³-hybridized carbons (Fsp3) is 0.583. The Morgan fingerprint density at radius 2 is 2.36 bits per heavy atom. The first-order chi connectivity index (χ1) is 6.49. The maximum absolute atomic E-state index is 11.7. The molecule has 14 heavy (non-hydrogen) atoms. The third-order valence-electron chi connectivity index (χ3n) is 2.65. The molecule has 2 nitrogen and oxygen atoms in total. The van der Waals surface area contributed by atoms with Gasteiger partial charge in [-0.2, -0.15) is 0 Å². The lowest BCUT2D eigenvalue weighted by Crippen LogP contribution is -2.34. The van der Waals surface area contributed by atoms with Crippen LogP contribution in [0.5, 0.6) is 0 Å². The van der Waals surface area contributed by atoms with E-state index in [0.29, 0.717) is 6.61 Å². The molecule has 0 aromatic heterocycles. The minimum atomic E-state index is -0.188. The van der Waals surface area contributed by atoms with Crippen molar-refractivity contribution in [2.45, 2.75) is 27.2 Å². The van der Waals surface area contributed by atoms with Gasteiger partial charge in [0.05, 0.1) is 12.5 Å². The predicted octanol–water partition coefficient (Wildman–Crippen LogP) is 2.71. The van der Waals surface area contributed by atoms with Crippen LogP contribution in [0.4, 0.5) is 0 Å². The molecule has 0 fully saturated rings. The lowest BCUT2D eigenvalue weighted by Gasteiger charge is -2.35. The molecule has 0 amide bonds. The number of esters is 1. The molecule has 0 saturated carbocycles. The van der Waals surface area contributed by atoms with E-state index in [-0.39, 0.29) is 17.3 Å². The Balaban J connectivity index is 2.88. The van der Waals surface area contributed by atoms with Crippen LogP contribution in [-0.4, -0.2) is 12.6 Å². The van der Waals surface area contributed by atoms with Gasteiger partial charge in [-0.05, 0) is 24.3 Å². The Hall–Kier alpha value is -1.05. The molecule has 2 heteroatoms. The first kappa shape index (κ1) is 11.0. The second-order valence-corrected chi connectivity index (χ2v) is 4.36. The largest absolute Gasteiger partial charge is 0.466 e. The van der Waals surface area contributed by atoms with Crippen LogP contribution in [0.15, 0.2) is 24.3 Å². The number of allylic oxidation sites excluding steroid dienone is 2. The number of hydrogen-bond donors (Lipinski definition) is 0. The summed E-state index contributed by atoms with van der Waals surface area (Å²) in [4.78, 5) is 11.7. The smallest absolute Gasteiger partial charge is 0.313 e. The third kappa shape index (κ3) is 2.06. The van der Waals surface area contributed by atoms with Crippen molar-refractivity contribution in [2.24, 2.45) is 11.3 Å². The normalized spacial score (nSPS) is 24.8. The van der Waals surface area contributed by atoms with Crippen LogP contribution in [0.25, 0.3) is 0 Å². The van der Waals surface area contributed by atoms with Crippen molar-refractivity contribution in [3.8, 4) is 0 Å². The zero-order valence-electron chi connectivity index (χ0n) is 9.17. The van der Waals surface area contributed by atoms with Crippen molar-refractivity contribution in [1.82, 2.24) is 0 Å². The van der Waals surface area contributed by atoms with E-state index in [1.807, 2.05) is 13.0 Å². The van der Waals surface area contributed by atoms with Crippen LogP contribution in [-0.2, 0) is 9.53 Å². The molecule has 0 bridgehead atoms. The van der Waals surface area contributed by atoms with Gasteiger partial charge in [0, 0.05) is 0 Å². The molecule has 0 radical (unpaired) electrons. The van der Waals surface area contributed by atoms with Gasteiger partial charge in [-0.25, -0.2) is 0 Å². The van der Waals surface area contributed by atoms with Gasteiger partial charge in [0.25, 0.3) is 0 Å². The van der Waals surface area contributed by atoms with E-state index in [1.165, 1.54) is 0 Å². The predicted molar refractivity (Wildman–Crippen MR) is 56.8 cm³/mol. The molecule has 0 N–H and O–H groups in total. The molecule has 78 valence electrons. The van der Waals surface area contributed by atoms with Crippen LogP contribution < -0.4 is 0 Å². The van der Waals surface area contributed by atoms with Gasteiger partial charge < -0.3 is 4.74 Å². The van der Waals surface area contributed by atoms with Crippen molar-refractivity contribution in [1.29, 1.82) is 0 Å². The zero-order chi connectivity index (χ0) is 10.8. The fourth-order valence-corrected chi connectivity index (χ4v) is 1.93. The molecular formula is C12H18O2. The number of ether oxygens (including phenoxy) is 1. The van der Waals surface area contributed by atoms with E-state index < -0.39 is 0 Å². The summed E-state index contributed by atoms with van der Waals surface area (Å²) in [7, 11) is 0. The average molecular weight is 194 g/mol. The molecule has 0 aliphatic heterocycles. The Labute approximate surface area is 85.6 Å². The summed E-state index contributed by atoms with van der Waals surface area (Å²) in [6.45, 7) is 10.3. The molecule has 1 rings (SSSR count). The molecule has 0 saturated heterocycles. The second kappa shape index (κ2) is 3.99. The summed E-state index contributed by atoms with van der Waals surface area (Å²) < 4.78 is 5.05. The summed E-state index contributed by atoms with van der Waals surface area (Å²) in [5.74, 6) is -0.334. The lowest BCUT2D eigenvalue weighted by molar-refractivity contribution is -0.150. The van der Waals surface area contributed by atoms with Gasteiger partial charge in [-0.3, -0.25) is 4.79 Å². The minimum Gasteiger partial charge on any atom is -0.466 e. The topological polar surface area (TPSA) is 26.3 Å². The van der Waals surface area contributed by atoms with Crippen molar-refractivity contribution in [3.05, 3.63) is 24.3 Å². The van der Waals surface area contributed by atoms with E-state index in [2.05, 4.69) is 26.5 Å². The lowest BCUT2D eigenvalue weighted by atomic mass is 9.70. The maximum Gasteiger partial charge on any atom is 0.313 e. The van der Waals surface area contributed by atoms with E-state index in [1.54, 1.807) is 0 Å². The van der Waals surface area contributed by atoms with E-state index in [4.69, 9.17) is 4.74 Å². The van der Waals surface area contributed by atoms with Crippen LogP contribution in [0.2, 0.25) is 0 Å². The van der Waals surface area contributed by atoms with Crippen molar-refractivity contribution >= 4 is 5.97 Å². The van der Waals surface area contributed by atoms with Gasteiger partial charge in [0.1, 0.15) is 0 Å². The van der Waals surface area contributed by atoms with E-state index in [0.717, 1.165) is 12.0 Å². The molecule has 1 aliphatic rings. The van der Waals surface area contributed by atoms with Gasteiger partial charge in [0.2, 0.25) is 0 Å². The highest BCUT2D eigenvalue weighted by Crippen LogP contribution is 2.40. The first-order valence-electron chi connectivity index (χ1n) is 5.01. The second-order valence-electron chi connectivity index (χ2n) is 4.36. The summed E-state index contributed by atoms with van der Waals surface area (Å²) in [6.07, 6.45) is 4.89. The number of hydrogen-bond acceptors (Lipinski definition) is 2. The highest BCUT2D eigenvalue weighted by Gasteiger charge is 2.38. The fourth-order valence-electron chi connectivity index (χ4n) is 1.93. The Bertz CT molecular complexity index is 274. The highest BCUT2D eigenvalue weighted by atomic mass is 16.5. The van der Waals surface area contributed by atoms with E-state index in [9.17, 15) is 4.79 Å². The molecule has 1 unspecified atom stereocenters. The number of rotatable bonds is 2. The summed E-state index contributed by atoms with van der Waals surface area (Å²) >= 11 is 0. The zero-order valence-corrected chi connectivity index (χ0v) is 9.17. The van der Waals surface area contributed by atoms with Gasteiger partial charge >= 0.3 is 5.97 Å². The molecular weight excluding hydrogens is 176 g/mol. The molecule has 0 aromatic rings. The molecule has 1 aliphatic carbocycles. The minimum absolute atomic E-state index is 0.0713. The molecule has 1 atom stereocenters. The summed E-state index contributed by atoms with van der Waals surface area (Å²) in [5, 5.41) is 0. The standard InChI is InChI=1S/C12H18O2/c1-5-14-11(13)10-9(2)7-6-8-12(10,3)4/h6-7,10H,2,5,8H2,1,3-4H3. The van der Waals surface area contributed by atoms with Crippen molar-refractivity contribution in [3.63, 3.8) is 0 Å². The SMILES string of the molecule is C=C1C=CCC(C)(C)C1C(=O)OCC. The molecule has 0 spiro atoms. The quantitative estimate of drug-likeness (QED) is 0.632. The van der Waals surface area contributed by atoms with Crippen molar-refractivity contribution in [2.75, 3.05) is 6.61 Å². The summed E-state index contributed by atoms with van der Waals surface area (Å²) in [5.41, 5.74) is 0.789. The summed E-state index contributed by atoms with van der Waals surface area (Å²) in [6, 6.07) is 0. The van der Waals surface area contributed by atoms with Gasteiger partial charge in [-0.15, -0.1) is 0 Å². The Morgan fingerprint density at radius 1 is 1.71 bits per heavy atom. The maximum atomic E-state index is 11.7. The first-order valence-corrected chi connectivity index (χ1v) is 5.01. The van der Waals surface area contributed by atoms with Crippen LogP contribution in [0.3, 0.4) is 0 Å². The van der Waals surface area contributed by atoms with Crippen LogP contribution >= 0.6 is 0 Å². The highest BCUT2D eigenvalue weighted by molar-refractivity contribution is 5.78. The van der Waals surface area contributed by atoms with E-state index >= 15 is 0 Å². The molecule has 0 aromatic carbocycles. The van der Waals surface area contributed by atoms with Crippen LogP contribution in [0, 0.1) is 11.3 Å². The Morgan fingerprint density at radius 3 is 2.86 bits per heavy atom. The number of carbonyl (C=O) groups excluding carboxylic acids is 1. The average Bonchev–Trinajstić information content (AvgIpc) is 2.02. The monoisotopic (exact) mass is 194 g/mol. The Kier molecular flexibility index (Phi) is 3.14. The van der Waals surface area contributed by atoms with Crippen molar-refractivity contribution < 1.29 is 9.53 Å².